The second kappa shape index (κ2) is 6.41. The van der Waals surface area contributed by atoms with Gasteiger partial charge < -0.3 is 4.90 Å². The van der Waals surface area contributed by atoms with Gasteiger partial charge in [0.25, 0.3) is 0 Å². The molecule has 0 spiro atoms. The summed E-state index contributed by atoms with van der Waals surface area (Å²) in [5.74, 6) is -0.110. The van der Waals surface area contributed by atoms with Crippen molar-refractivity contribution in [3.63, 3.8) is 0 Å². The Hall–Kier alpha value is -1.30. The first-order chi connectivity index (χ1) is 5.72. The van der Waals surface area contributed by atoms with E-state index in [1.54, 1.807) is 11.9 Å². The summed E-state index contributed by atoms with van der Waals surface area (Å²) < 4.78 is 0. The molecule has 0 aliphatic heterocycles. The summed E-state index contributed by atoms with van der Waals surface area (Å²) in [7, 11) is 1.71. The Bertz CT molecular complexity index is 193. The molecule has 0 aliphatic carbocycles. The van der Waals surface area contributed by atoms with Gasteiger partial charge in [-0.3, -0.25) is 4.79 Å². The lowest BCUT2D eigenvalue weighted by molar-refractivity contribution is -0.128. The van der Waals surface area contributed by atoms with Gasteiger partial charge in [0.05, 0.1) is 6.07 Å². The van der Waals surface area contributed by atoms with Gasteiger partial charge in [-0.2, -0.15) is 5.26 Å². The van der Waals surface area contributed by atoms with Crippen LogP contribution in [0.2, 0.25) is 0 Å². The van der Waals surface area contributed by atoms with Gasteiger partial charge in [-0.15, -0.1) is 6.58 Å². The van der Waals surface area contributed by atoms with Gasteiger partial charge in [0, 0.05) is 13.6 Å². The first-order valence-electron chi connectivity index (χ1n) is 3.94. The third-order valence-electron chi connectivity index (χ3n) is 1.56. The number of hydrogen-bond donors (Lipinski definition) is 0. The zero-order chi connectivity index (χ0) is 9.40. The summed E-state index contributed by atoms with van der Waals surface area (Å²) >= 11 is 0. The number of carbonyl (C=O) groups excluding carboxylic acids is 1. The Balaban J connectivity index is 3.57. The van der Waals surface area contributed by atoms with E-state index >= 15 is 0 Å². The van der Waals surface area contributed by atoms with Crippen LogP contribution in [0.3, 0.4) is 0 Å². The molecular formula is C9H14N2O. The molecule has 1 amide bonds. The lowest BCUT2D eigenvalue weighted by Gasteiger charge is -2.14. The SMILES string of the molecule is C=CCCCN(C)C(=O)CC#N. The fourth-order valence-corrected chi connectivity index (χ4v) is 0.800. The minimum Gasteiger partial charge on any atom is -0.345 e. The molecule has 0 unspecified atom stereocenters. The zero-order valence-corrected chi connectivity index (χ0v) is 7.42. The Labute approximate surface area is 73.3 Å². The molecule has 0 bridgehead atoms. The second-order valence-corrected chi connectivity index (χ2v) is 2.58. The zero-order valence-electron chi connectivity index (χ0n) is 7.42. The molecule has 0 N–H and O–H groups in total. The van der Waals surface area contributed by atoms with Crippen molar-refractivity contribution in [2.24, 2.45) is 0 Å². The van der Waals surface area contributed by atoms with E-state index in [9.17, 15) is 4.79 Å². The van der Waals surface area contributed by atoms with Crippen molar-refractivity contribution < 1.29 is 4.79 Å². The van der Waals surface area contributed by atoms with E-state index in [2.05, 4.69) is 6.58 Å². The van der Waals surface area contributed by atoms with Crippen LogP contribution in [-0.4, -0.2) is 24.4 Å². The molecule has 0 fully saturated rings. The van der Waals surface area contributed by atoms with Crippen LogP contribution >= 0.6 is 0 Å². The van der Waals surface area contributed by atoms with Crippen LogP contribution in [0.1, 0.15) is 19.3 Å². The molecule has 0 saturated heterocycles. The highest BCUT2D eigenvalue weighted by Crippen LogP contribution is 1.95. The molecule has 0 aromatic heterocycles. The van der Waals surface area contributed by atoms with E-state index in [1.165, 1.54) is 0 Å². The van der Waals surface area contributed by atoms with Crippen LogP contribution in [0, 0.1) is 11.3 Å². The summed E-state index contributed by atoms with van der Waals surface area (Å²) in [4.78, 5) is 12.6. The maximum absolute atomic E-state index is 11.0. The number of rotatable bonds is 5. The number of unbranched alkanes of at least 4 members (excludes halogenated alkanes) is 1. The molecule has 3 heteroatoms. The predicted octanol–water partition coefficient (Wildman–Crippen LogP) is 1.32. The Morgan fingerprint density at radius 1 is 1.75 bits per heavy atom. The number of nitrogens with zero attached hydrogens (tertiary/aromatic N) is 2. The van der Waals surface area contributed by atoms with E-state index < -0.39 is 0 Å². The molecule has 0 atom stereocenters. The largest absolute Gasteiger partial charge is 0.345 e. The molecule has 0 heterocycles. The van der Waals surface area contributed by atoms with Gasteiger partial charge in [-0.25, -0.2) is 0 Å². The number of carbonyl (C=O) groups is 1. The fraction of sp³-hybridized carbons (Fsp3) is 0.556. The fourth-order valence-electron chi connectivity index (χ4n) is 0.800. The van der Waals surface area contributed by atoms with Crippen LogP contribution in [0.4, 0.5) is 0 Å². The van der Waals surface area contributed by atoms with Crippen molar-refractivity contribution in [1.29, 1.82) is 5.26 Å². The highest BCUT2D eigenvalue weighted by atomic mass is 16.2. The molecule has 0 aliphatic rings. The highest BCUT2D eigenvalue weighted by Gasteiger charge is 2.05. The molecule has 0 aromatic rings. The Kier molecular flexibility index (Phi) is 5.72. The smallest absolute Gasteiger partial charge is 0.236 e. The van der Waals surface area contributed by atoms with Crippen molar-refractivity contribution in [1.82, 2.24) is 4.90 Å². The van der Waals surface area contributed by atoms with Crippen LogP contribution < -0.4 is 0 Å². The molecular weight excluding hydrogens is 152 g/mol. The Morgan fingerprint density at radius 3 is 2.92 bits per heavy atom. The van der Waals surface area contributed by atoms with E-state index in [-0.39, 0.29) is 12.3 Å². The monoisotopic (exact) mass is 166 g/mol. The average molecular weight is 166 g/mol. The minimum absolute atomic E-state index is 0.0232. The summed E-state index contributed by atoms with van der Waals surface area (Å²) in [6, 6.07) is 1.83. The van der Waals surface area contributed by atoms with Crippen LogP contribution in [0.25, 0.3) is 0 Å². The quantitative estimate of drug-likeness (QED) is 0.456. The van der Waals surface area contributed by atoms with Gasteiger partial charge in [0.2, 0.25) is 5.91 Å². The van der Waals surface area contributed by atoms with Gasteiger partial charge in [-0.05, 0) is 12.8 Å². The third-order valence-corrected chi connectivity index (χ3v) is 1.56. The van der Waals surface area contributed by atoms with Gasteiger partial charge in [0.1, 0.15) is 6.42 Å². The second-order valence-electron chi connectivity index (χ2n) is 2.58. The third kappa shape index (κ3) is 4.51. The van der Waals surface area contributed by atoms with Crippen LogP contribution in [0.15, 0.2) is 12.7 Å². The number of hydrogen-bond acceptors (Lipinski definition) is 2. The van der Waals surface area contributed by atoms with E-state index in [0.717, 1.165) is 12.8 Å². The number of allylic oxidation sites excluding steroid dienone is 1. The van der Waals surface area contributed by atoms with Crippen molar-refractivity contribution in [2.45, 2.75) is 19.3 Å². The van der Waals surface area contributed by atoms with E-state index in [0.29, 0.717) is 6.54 Å². The average Bonchev–Trinajstić information content (AvgIpc) is 2.05. The lowest BCUT2D eigenvalue weighted by Crippen LogP contribution is -2.26. The molecule has 12 heavy (non-hydrogen) atoms. The molecule has 66 valence electrons. The predicted molar refractivity (Wildman–Crippen MR) is 47.3 cm³/mol. The van der Waals surface area contributed by atoms with Crippen LogP contribution in [-0.2, 0) is 4.79 Å². The number of amides is 1. The minimum atomic E-state index is -0.110. The molecule has 0 rings (SSSR count). The number of nitriles is 1. The van der Waals surface area contributed by atoms with Crippen molar-refractivity contribution in [3.8, 4) is 6.07 Å². The van der Waals surface area contributed by atoms with Crippen molar-refractivity contribution in [3.05, 3.63) is 12.7 Å². The maximum atomic E-state index is 11.0. The van der Waals surface area contributed by atoms with Crippen molar-refractivity contribution in [2.75, 3.05) is 13.6 Å². The first kappa shape index (κ1) is 10.7. The summed E-state index contributed by atoms with van der Waals surface area (Å²) in [6.07, 6.45) is 3.62. The summed E-state index contributed by atoms with van der Waals surface area (Å²) in [5.41, 5.74) is 0. The molecule has 0 radical (unpaired) electrons. The molecule has 3 nitrogen and oxygen atoms in total. The molecule has 0 saturated carbocycles. The normalized spacial score (nSPS) is 8.67. The van der Waals surface area contributed by atoms with Gasteiger partial charge >= 0.3 is 0 Å². The first-order valence-corrected chi connectivity index (χ1v) is 3.94. The van der Waals surface area contributed by atoms with Gasteiger partial charge in [-0.1, -0.05) is 6.08 Å². The van der Waals surface area contributed by atoms with Crippen molar-refractivity contribution >= 4 is 5.91 Å². The lowest BCUT2D eigenvalue weighted by atomic mass is 10.3. The Morgan fingerprint density at radius 2 is 2.42 bits per heavy atom. The standard InChI is InChI=1S/C9H14N2O/c1-3-4-5-8-11(2)9(12)6-7-10/h3H,1,4-6,8H2,2H3. The molecule has 0 aromatic carbocycles. The summed E-state index contributed by atoms with van der Waals surface area (Å²) in [5, 5.41) is 8.24. The highest BCUT2D eigenvalue weighted by molar-refractivity contribution is 5.77. The summed E-state index contributed by atoms with van der Waals surface area (Å²) in [6.45, 7) is 4.28. The maximum Gasteiger partial charge on any atom is 0.236 e. The van der Waals surface area contributed by atoms with Crippen LogP contribution in [0.5, 0.6) is 0 Å². The topological polar surface area (TPSA) is 44.1 Å². The van der Waals surface area contributed by atoms with E-state index in [1.807, 2.05) is 12.1 Å². The van der Waals surface area contributed by atoms with Gasteiger partial charge in [0.15, 0.2) is 0 Å². The van der Waals surface area contributed by atoms with E-state index in [4.69, 9.17) is 5.26 Å².